The second-order valence-corrected chi connectivity index (χ2v) is 4.03. The van der Waals surface area contributed by atoms with Crippen molar-refractivity contribution in [3.8, 4) is 0 Å². The quantitative estimate of drug-likeness (QED) is 0.491. The summed E-state index contributed by atoms with van der Waals surface area (Å²) in [7, 11) is 0. The van der Waals surface area contributed by atoms with Gasteiger partial charge in [-0.15, -0.1) is 0 Å². The molecular formula is C11H14N6O3. The van der Waals surface area contributed by atoms with Crippen LogP contribution >= 0.6 is 0 Å². The number of aliphatic carboxylic acids is 1. The Kier molecular flexibility index (Phi) is 4.32. The lowest BCUT2D eigenvalue weighted by molar-refractivity contribution is -0.139. The number of carbonyl (C=O) groups excluding carboxylic acids is 1. The molecule has 9 nitrogen and oxygen atoms in total. The first kappa shape index (κ1) is 13.6. The van der Waals surface area contributed by atoms with Crippen molar-refractivity contribution in [2.45, 2.75) is 19.0 Å². The normalized spacial score (nSPS) is 11.8. The largest absolute Gasteiger partial charge is 0.480 e. The van der Waals surface area contributed by atoms with Gasteiger partial charge in [-0.05, 0) is 0 Å². The number of rotatable bonds is 6. The number of imidazole rings is 2. The molecule has 0 saturated carbocycles. The third-order valence-electron chi connectivity index (χ3n) is 2.55. The van der Waals surface area contributed by atoms with Gasteiger partial charge in [-0.25, -0.2) is 19.6 Å². The van der Waals surface area contributed by atoms with E-state index in [0.29, 0.717) is 11.5 Å². The van der Waals surface area contributed by atoms with Crippen molar-refractivity contribution in [1.82, 2.24) is 30.6 Å². The Bertz CT molecular complexity index is 551. The monoisotopic (exact) mass is 278 g/mol. The van der Waals surface area contributed by atoms with Crippen LogP contribution < -0.4 is 10.6 Å². The van der Waals surface area contributed by atoms with Crippen molar-refractivity contribution in [3.63, 3.8) is 0 Å². The van der Waals surface area contributed by atoms with Crippen LogP contribution in [-0.4, -0.2) is 43.1 Å². The summed E-state index contributed by atoms with van der Waals surface area (Å²) >= 11 is 0. The fourth-order valence-electron chi connectivity index (χ4n) is 1.58. The van der Waals surface area contributed by atoms with Gasteiger partial charge in [0.15, 0.2) is 0 Å². The first-order valence-electron chi connectivity index (χ1n) is 5.88. The molecule has 0 bridgehead atoms. The number of aromatic nitrogens is 4. The van der Waals surface area contributed by atoms with Crippen molar-refractivity contribution in [3.05, 3.63) is 36.4 Å². The number of amides is 2. The third kappa shape index (κ3) is 3.83. The van der Waals surface area contributed by atoms with E-state index in [1.165, 1.54) is 12.5 Å². The van der Waals surface area contributed by atoms with Crippen LogP contribution in [0.3, 0.4) is 0 Å². The predicted octanol–water partition coefficient (Wildman–Crippen LogP) is -0.372. The van der Waals surface area contributed by atoms with Crippen LogP contribution in [0.4, 0.5) is 4.79 Å². The van der Waals surface area contributed by atoms with Gasteiger partial charge in [-0.3, -0.25) is 0 Å². The topological polar surface area (TPSA) is 136 Å². The van der Waals surface area contributed by atoms with Crippen LogP contribution in [0.2, 0.25) is 0 Å². The Morgan fingerprint density at radius 2 is 2.25 bits per heavy atom. The maximum atomic E-state index is 11.6. The average Bonchev–Trinajstić information content (AvgIpc) is 3.08. The molecule has 5 N–H and O–H groups in total. The number of hydrogen-bond acceptors (Lipinski definition) is 4. The number of hydrogen-bond donors (Lipinski definition) is 5. The van der Waals surface area contributed by atoms with Gasteiger partial charge in [-0.1, -0.05) is 0 Å². The van der Waals surface area contributed by atoms with Gasteiger partial charge in [0, 0.05) is 30.7 Å². The molecule has 2 rings (SSSR count). The predicted molar refractivity (Wildman–Crippen MR) is 67.7 cm³/mol. The number of carboxylic acid groups (broad SMARTS) is 1. The van der Waals surface area contributed by atoms with E-state index in [2.05, 4.69) is 30.6 Å². The lowest BCUT2D eigenvalue weighted by Gasteiger charge is -2.14. The molecule has 0 radical (unpaired) electrons. The zero-order valence-electron chi connectivity index (χ0n) is 10.5. The van der Waals surface area contributed by atoms with Gasteiger partial charge in [0.2, 0.25) is 0 Å². The molecule has 0 fully saturated rings. The molecular weight excluding hydrogens is 264 g/mol. The number of aromatic amines is 2. The Morgan fingerprint density at radius 1 is 1.40 bits per heavy atom. The summed E-state index contributed by atoms with van der Waals surface area (Å²) < 4.78 is 0. The molecule has 106 valence electrons. The number of nitrogens with zero attached hydrogens (tertiary/aromatic N) is 2. The Hall–Kier alpha value is -2.84. The van der Waals surface area contributed by atoms with Gasteiger partial charge in [0.25, 0.3) is 0 Å². The highest BCUT2D eigenvalue weighted by molar-refractivity contribution is 5.82. The molecule has 0 aliphatic rings. The number of carbonyl (C=O) groups is 2. The molecule has 0 spiro atoms. The second kappa shape index (κ2) is 6.36. The van der Waals surface area contributed by atoms with Crippen molar-refractivity contribution >= 4 is 12.0 Å². The minimum Gasteiger partial charge on any atom is -0.480 e. The third-order valence-corrected chi connectivity index (χ3v) is 2.55. The van der Waals surface area contributed by atoms with Crippen molar-refractivity contribution < 1.29 is 14.7 Å². The summed E-state index contributed by atoms with van der Waals surface area (Å²) in [6.07, 6.45) is 6.29. The summed E-state index contributed by atoms with van der Waals surface area (Å²) in [4.78, 5) is 36.1. The fraction of sp³-hybridized carbons (Fsp3) is 0.273. The van der Waals surface area contributed by atoms with Gasteiger partial charge in [0.05, 0.1) is 12.9 Å². The molecule has 2 amide bonds. The van der Waals surface area contributed by atoms with E-state index in [0.717, 1.165) is 0 Å². The Labute approximate surface area is 113 Å². The van der Waals surface area contributed by atoms with Crippen molar-refractivity contribution in [2.75, 3.05) is 0 Å². The van der Waals surface area contributed by atoms with Crippen LogP contribution in [0, 0.1) is 0 Å². The van der Waals surface area contributed by atoms with E-state index in [9.17, 15) is 9.59 Å². The summed E-state index contributed by atoms with van der Waals surface area (Å²) in [5.74, 6) is -0.534. The highest BCUT2D eigenvalue weighted by Crippen LogP contribution is 1.99. The van der Waals surface area contributed by atoms with Gasteiger partial charge in [-0.2, -0.15) is 0 Å². The van der Waals surface area contributed by atoms with Crippen LogP contribution in [0.15, 0.2) is 24.9 Å². The fourth-order valence-corrected chi connectivity index (χ4v) is 1.58. The first-order chi connectivity index (χ1) is 9.65. The van der Waals surface area contributed by atoms with Crippen molar-refractivity contribution in [2.24, 2.45) is 0 Å². The van der Waals surface area contributed by atoms with Gasteiger partial charge >= 0.3 is 12.0 Å². The summed E-state index contributed by atoms with van der Waals surface area (Å²) in [6, 6.07) is -1.61. The van der Waals surface area contributed by atoms with E-state index in [1.807, 2.05) is 0 Å². The summed E-state index contributed by atoms with van der Waals surface area (Å²) in [5.41, 5.74) is 0.628. The molecule has 0 aromatic carbocycles. The number of urea groups is 1. The number of carboxylic acids is 1. The molecule has 0 unspecified atom stereocenters. The molecule has 2 heterocycles. The summed E-state index contributed by atoms with van der Waals surface area (Å²) in [6.45, 7) is 0.190. The Balaban J connectivity index is 1.84. The SMILES string of the molecule is O=C(NCc1ncc[nH]1)N[C@H](Cc1cnc[nH]1)C(=O)O. The molecule has 0 aliphatic carbocycles. The maximum absolute atomic E-state index is 11.6. The Morgan fingerprint density at radius 3 is 2.85 bits per heavy atom. The lowest BCUT2D eigenvalue weighted by atomic mass is 10.2. The number of nitrogens with one attached hydrogen (secondary N) is 4. The number of H-pyrrole nitrogens is 2. The average molecular weight is 278 g/mol. The molecule has 1 atom stereocenters. The van der Waals surface area contributed by atoms with Crippen LogP contribution in [0.1, 0.15) is 11.5 Å². The van der Waals surface area contributed by atoms with Crippen LogP contribution in [0.25, 0.3) is 0 Å². The van der Waals surface area contributed by atoms with Crippen LogP contribution in [-0.2, 0) is 17.8 Å². The minimum absolute atomic E-state index is 0.128. The second-order valence-electron chi connectivity index (χ2n) is 4.03. The summed E-state index contributed by atoms with van der Waals surface area (Å²) in [5, 5.41) is 14.0. The molecule has 2 aromatic rings. The molecule has 20 heavy (non-hydrogen) atoms. The smallest absolute Gasteiger partial charge is 0.326 e. The highest BCUT2D eigenvalue weighted by Gasteiger charge is 2.20. The van der Waals surface area contributed by atoms with Crippen LogP contribution in [0.5, 0.6) is 0 Å². The molecule has 2 aromatic heterocycles. The molecule has 0 saturated heterocycles. The molecule has 9 heteroatoms. The first-order valence-corrected chi connectivity index (χ1v) is 5.88. The lowest BCUT2D eigenvalue weighted by Crippen LogP contribution is -2.47. The van der Waals surface area contributed by atoms with Gasteiger partial charge in [0.1, 0.15) is 11.9 Å². The highest BCUT2D eigenvalue weighted by atomic mass is 16.4. The van der Waals surface area contributed by atoms with E-state index in [4.69, 9.17) is 5.11 Å². The van der Waals surface area contributed by atoms with Crippen molar-refractivity contribution in [1.29, 1.82) is 0 Å². The van der Waals surface area contributed by atoms with E-state index >= 15 is 0 Å². The van der Waals surface area contributed by atoms with E-state index < -0.39 is 18.0 Å². The zero-order valence-corrected chi connectivity index (χ0v) is 10.5. The van der Waals surface area contributed by atoms with E-state index in [1.54, 1.807) is 12.4 Å². The standard InChI is InChI=1S/C11H14N6O3/c18-10(19)8(3-7-4-12-6-16-7)17-11(20)15-5-9-13-1-2-14-9/h1-2,4,6,8H,3,5H2,(H,12,16)(H,13,14)(H,18,19)(H2,15,17,20)/t8-/m1/s1. The minimum atomic E-state index is -1.12. The van der Waals surface area contributed by atoms with E-state index in [-0.39, 0.29) is 13.0 Å². The van der Waals surface area contributed by atoms with Gasteiger partial charge < -0.3 is 25.7 Å². The maximum Gasteiger partial charge on any atom is 0.326 e. The zero-order chi connectivity index (χ0) is 14.4. The molecule has 0 aliphatic heterocycles.